The van der Waals surface area contributed by atoms with Gasteiger partial charge in [-0.1, -0.05) is 160 Å². The molecular weight excluding hydrogens is 765 g/mol. The van der Waals surface area contributed by atoms with Crippen LogP contribution in [0.15, 0.2) is 198 Å². The predicted octanol–water partition coefficient (Wildman–Crippen LogP) is 16.9. The third-order valence-electron chi connectivity index (χ3n) is 12.6. The molecule has 1 aromatic heterocycles. The average molecular weight is 807 g/mol. The zero-order chi connectivity index (χ0) is 40.1. The fraction of sp³-hybridized carbons (Fsp3) is 0.107. The number of hydrogen-bond donors (Lipinski definition) is 0. The Morgan fingerprint density at radius 1 is 0.533 bits per heavy atom. The molecule has 0 radical (unpaired) electrons. The number of para-hydroxylation sites is 2. The Bertz CT molecular complexity index is 3350. The van der Waals surface area contributed by atoms with Crippen LogP contribution in [0.4, 0.5) is 28.4 Å². The first-order chi connectivity index (χ1) is 29.4. The van der Waals surface area contributed by atoms with Gasteiger partial charge in [0.1, 0.15) is 0 Å². The van der Waals surface area contributed by atoms with Gasteiger partial charge in [-0.05, 0) is 93.7 Å². The Kier molecular flexibility index (Phi) is 8.07. The molecule has 0 saturated heterocycles. The third-order valence-corrected chi connectivity index (χ3v) is 15.2. The maximum Gasteiger partial charge on any atom is 0.0640 e. The van der Waals surface area contributed by atoms with Crippen LogP contribution in [0.3, 0.4) is 0 Å². The lowest BCUT2D eigenvalue weighted by molar-refractivity contribution is 0.591. The Balaban J connectivity index is 1.22. The fourth-order valence-corrected chi connectivity index (χ4v) is 12.3. The molecule has 4 heteroatoms. The lowest BCUT2D eigenvalue weighted by Gasteiger charge is -2.34. The number of benzene rings is 9. The average Bonchev–Trinajstić information content (AvgIpc) is 3.86. The van der Waals surface area contributed by atoms with Gasteiger partial charge < -0.3 is 9.80 Å². The van der Waals surface area contributed by atoms with Crippen LogP contribution in [0.25, 0.3) is 52.5 Å². The Labute approximate surface area is 359 Å². The van der Waals surface area contributed by atoms with E-state index in [0.717, 1.165) is 23.5 Å². The molecule has 0 fully saturated rings. The summed E-state index contributed by atoms with van der Waals surface area (Å²) in [6, 6.07) is 63.6. The van der Waals surface area contributed by atoms with Crippen molar-refractivity contribution in [3.05, 3.63) is 204 Å². The van der Waals surface area contributed by atoms with Gasteiger partial charge in [0.15, 0.2) is 0 Å². The first-order valence-corrected chi connectivity index (χ1v) is 22.6. The molecule has 2 heterocycles. The third kappa shape index (κ3) is 5.47. The Morgan fingerprint density at radius 3 is 1.90 bits per heavy atom. The molecule has 0 bridgehead atoms. The van der Waals surface area contributed by atoms with Gasteiger partial charge in [-0.15, -0.1) is 11.3 Å². The molecule has 288 valence electrons. The number of fused-ring (bicyclic) bond motifs is 6. The highest BCUT2D eigenvalue weighted by atomic mass is 32.2. The molecule has 1 unspecified atom stereocenters. The van der Waals surface area contributed by atoms with Gasteiger partial charge >= 0.3 is 0 Å². The SMILES string of the molecule is CC(C)(C)c1cc2ccc3c(N(C4=C5Sc6ccccc6C5CC=C4)c4ccccc4)cc(N(c4ccccc4)c4cccc5c4sc4ccccc45)c4ccc(c1)c2c34. The van der Waals surface area contributed by atoms with Crippen LogP contribution in [-0.2, 0) is 5.41 Å². The molecule has 0 saturated carbocycles. The van der Waals surface area contributed by atoms with Crippen molar-refractivity contribution < 1.29 is 0 Å². The molecule has 2 aliphatic rings. The molecular formula is C56H42N2S2. The number of rotatable bonds is 6. The van der Waals surface area contributed by atoms with Crippen molar-refractivity contribution in [3.63, 3.8) is 0 Å². The Morgan fingerprint density at radius 2 is 1.17 bits per heavy atom. The zero-order valence-electron chi connectivity index (χ0n) is 33.8. The summed E-state index contributed by atoms with van der Waals surface area (Å²) in [7, 11) is 0. The highest BCUT2D eigenvalue weighted by Gasteiger charge is 2.35. The van der Waals surface area contributed by atoms with Crippen molar-refractivity contribution in [2.24, 2.45) is 0 Å². The minimum absolute atomic E-state index is 0.0200. The van der Waals surface area contributed by atoms with Crippen LogP contribution in [0, 0.1) is 0 Å². The van der Waals surface area contributed by atoms with Gasteiger partial charge in [-0.25, -0.2) is 0 Å². The summed E-state index contributed by atoms with van der Waals surface area (Å²) in [6.07, 6.45) is 5.79. The fourth-order valence-electron chi connectivity index (χ4n) is 9.80. The molecule has 9 aromatic carbocycles. The maximum atomic E-state index is 2.57. The highest BCUT2D eigenvalue weighted by molar-refractivity contribution is 8.03. The number of hydrogen-bond acceptors (Lipinski definition) is 4. The van der Waals surface area contributed by atoms with E-state index < -0.39 is 0 Å². The molecule has 1 atom stereocenters. The lowest BCUT2D eigenvalue weighted by atomic mass is 9.83. The second-order valence-corrected chi connectivity index (χ2v) is 19.4. The van der Waals surface area contributed by atoms with Crippen LogP contribution >= 0.6 is 23.1 Å². The summed E-state index contributed by atoms with van der Waals surface area (Å²) < 4.78 is 2.59. The molecule has 60 heavy (non-hydrogen) atoms. The van der Waals surface area contributed by atoms with Crippen molar-refractivity contribution in [2.75, 3.05) is 9.80 Å². The number of thioether (sulfide) groups is 1. The number of nitrogens with zero attached hydrogens (tertiary/aromatic N) is 2. The monoisotopic (exact) mass is 806 g/mol. The van der Waals surface area contributed by atoms with Gasteiger partial charge in [0.05, 0.1) is 27.5 Å². The summed E-state index contributed by atoms with van der Waals surface area (Å²) in [6.45, 7) is 6.96. The lowest BCUT2D eigenvalue weighted by Crippen LogP contribution is -2.20. The van der Waals surface area contributed by atoms with E-state index in [1.807, 2.05) is 23.1 Å². The topological polar surface area (TPSA) is 6.48 Å². The summed E-state index contributed by atoms with van der Waals surface area (Å²) in [5.74, 6) is 0.332. The van der Waals surface area contributed by atoms with E-state index in [2.05, 4.69) is 213 Å². The van der Waals surface area contributed by atoms with E-state index in [-0.39, 0.29) is 5.41 Å². The molecule has 0 spiro atoms. The molecule has 0 N–H and O–H groups in total. The van der Waals surface area contributed by atoms with Gasteiger partial charge in [-0.2, -0.15) is 0 Å². The molecule has 10 aromatic rings. The largest absolute Gasteiger partial charge is 0.309 e. The van der Waals surface area contributed by atoms with Crippen LogP contribution in [-0.4, -0.2) is 0 Å². The minimum atomic E-state index is 0.0200. The van der Waals surface area contributed by atoms with Gasteiger partial charge in [0.25, 0.3) is 0 Å². The number of allylic oxidation sites excluding steroid dienone is 3. The molecule has 1 aliphatic heterocycles. The van der Waals surface area contributed by atoms with E-state index >= 15 is 0 Å². The van der Waals surface area contributed by atoms with Gasteiger partial charge in [0, 0.05) is 58.7 Å². The number of thiophene rings is 1. The van der Waals surface area contributed by atoms with Gasteiger partial charge in [0.2, 0.25) is 0 Å². The van der Waals surface area contributed by atoms with Crippen molar-refractivity contribution >= 4 is 104 Å². The standard InChI is InChI=1S/C56H42N2S2/c1-56(2,3)37-32-35-28-30-44-48(57(38-16-6-4-7-17-38)46-24-14-22-42-40-20-10-12-26-50(40)59-54(42)46)34-49(45-31-29-36(33-37)52(35)53(44)45)58(39-18-8-5-9-19-39)47-25-15-23-43-41-21-11-13-27-51(41)60-55(43)47/h4-22,24-34,43H,23H2,1-3H3. The second-order valence-electron chi connectivity index (χ2n) is 17.2. The first kappa shape index (κ1) is 35.6. The van der Waals surface area contributed by atoms with E-state index in [9.17, 15) is 0 Å². The summed E-state index contributed by atoms with van der Waals surface area (Å²) >= 11 is 3.83. The maximum absolute atomic E-state index is 2.57. The zero-order valence-corrected chi connectivity index (χ0v) is 35.4. The van der Waals surface area contributed by atoms with E-state index in [1.165, 1.54) is 90.5 Å². The van der Waals surface area contributed by atoms with Crippen molar-refractivity contribution in [1.29, 1.82) is 0 Å². The first-order valence-electron chi connectivity index (χ1n) is 20.9. The molecule has 1 aliphatic carbocycles. The molecule has 2 nitrogen and oxygen atoms in total. The van der Waals surface area contributed by atoms with E-state index in [0.29, 0.717) is 5.92 Å². The summed E-state index contributed by atoms with van der Waals surface area (Å²) in [5.41, 5.74) is 9.85. The Hall–Kier alpha value is -6.33. The van der Waals surface area contributed by atoms with Crippen LogP contribution < -0.4 is 9.80 Å². The van der Waals surface area contributed by atoms with Crippen LogP contribution in [0.2, 0.25) is 0 Å². The molecule has 12 rings (SSSR count). The highest BCUT2D eigenvalue weighted by Crippen LogP contribution is 2.57. The van der Waals surface area contributed by atoms with Crippen molar-refractivity contribution in [1.82, 2.24) is 0 Å². The summed E-state index contributed by atoms with van der Waals surface area (Å²) in [5, 5.41) is 10.3. The van der Waals surface area contributed by atoms with E-state index in [4.69, 9.17) is 0 Å². The van der Waals surface area contributed by atoms with Crippen molar-refractivity contribution in [2.45, 2.75) is 43.4 Å². The number of anilines is 5. The molecule has 0 amide bonds. The normalized spacial score (nSPS) is 15.2. The van der Waals surface area contributed by atoms with Crippen LogP contribution in [0.1, 0.15) is 44.2 Å². The van der Waals surface area contributed by atoms with Crippen LogP contribution in [0.5, 0.6) is 0 Å². The predicted molar refractivity (Wildman–Crippen MR) is 261 cm³/mol. The van der Waals surface area contributed by atoms with Gasteiger partial charge in [-0.3, -0.25) is 0 Å². The van der Waals surface area contributed by atoms with E-state index in [1.54, 1.807) is 0 Å². The minimum Gasteiger partial charge on any atom is -0.309 e. The van der Waals surface area contributed by atoms with Crippen molar-refractivity contribution in [3.8, 4) is 0 Å². The second kappa shape index (κ2) is 13.6. The quantitative estimate of drug-likeness (QED) is 0.155. The smallest absolute Gasteiger partial charge is 0.0640 e. The summed E-state index contributed by atoms with van der Waals surface area (Å²) in [4.78, 5) is 7.88.